The molecule has 0 unspecified atom stereocenters. The van der Waals surface area contributed by atoms with Gasteiger partial charge in [0.15, 0.2) is 11.5 Å². The summed E-state index contributed by atoms with van der Waals surface area (Å²) in [6.45, 7) is 2.97. The third-order valence-electron chi connectivity index (χ3n) is 3.96. The molecule has 0 saturated carbocycles. The van der Waals surface area contributed by atoms with E-state index in [0.717, 1.165) is 11.3 Å². The Morgan fingerprint density at radius 1 is 1.30 bits per heavy atom. The largest absolute Gasteiger partial charge is 0.365 e. The molecule has 3 aromatic rings. The maximum atomic E-state index is 13.0. The Kier molecular flexibility index (Phi) is 3.42. The summed E-state index contributed by atoms with van der Waals surface area (Å²) in [7, 11) is 0. The van der Waals surface area contributed by atoms with E-state index in [2.05, 4.69) is 15.1 Å². The molecule has 23 heavy (non-hydrogen) atoms. The number of ether oxygens (including phenoxy) is 1. The molecule has 0 aliphatic carbocycles. The van der Waals surface area contributed by atoms with Crippen molar-refractivity contribution < 1.29 is 13.7 Å². The standard InChI is InChI=1S/C16H15FN4O2/c1-2-14-19-16(23-20-14)15-12-8-22-13(7-21(12)9-18-15)10-3-5-11(17)6-4-10/h3-6,9,13H,2,7-8H2,1H3/t13-/m0/s1. The lowest BCUT2D eigenvalue weighted by atomic mass is 10.1. The summed E-state index contributed by atoms with van der Waals surface area (Å²) in [5.41, 5.74) is 2.52. The van der Waals surface area contributed by atoms with Crippen LogP contribution in [0.4, 0.5) is 4.39 Å². The van der Waals surface area contributed by atoms with Crippen molar-refractivity contribution >= 4 is 0 Å². The second-order valence-electron chi connectivity index (χ2n) is 5.41. The van der Waals surface area contributed by atoms with Crippen LogP contribution in [-0.2, 0) is 24.3 Å². The van der Waals surface area contributed by atoms with E-state index in [1.165, 1.54) is 12.1 Å². The predicted octanol–water partition coefficient (Wildman–Crippen LogP) is 2.91. The lowest BCUT2D eigenvalue weighted by Crippen LogP contribution is -2.20. The summed E-state index contributed by atoms with van der Waals surface area (Å²) in [5.74, 6) is 0.820. The van der Waals surface area contributed by atoms with Crippen molar-refractivity contribution in [3.63, 3.8) is 0 Å². The zero-order chi connectivity index (χ0) is 15.8. The minimum Gasteiger partial charge on any atom is -0.365 e. The normalized spacial score (nSPS) is 17.2. The zero-order valence-electron chi connectivity index (χ0n) is 12.6. The average molecular weight is 314 g/mol. The van der Waals surface area contributed by atoms with Gasteiger partial charge >= 0.3 is 0 Å². The Hall–Kier alpha value is -2.54. The van der Waals surface area contributed by atoms with Crippen LogP contribution in [0.2, 0.25) is 0 Å². The number of hydrogen-bond donors (Lipinski definition) is 0. The Bertz CT molecular complexity index is 825. The molecule has 7 heteroatoms. The highest BCUT2D eigenvalue weighted by Gasteiger charge is 2.26. The molecule has 1 aliphatic heterocycles. The van der Waals surface area contributed by atoms with Gasteiger partial charge in [-0.1, -0.05) is 24.2 Å². The van der Waals surface area contributed by atoms with Gasteiger partial charge in [0.25, 0.3) is 5.89 Å². The van der Waals surface area contributed by atoms with E-state index < -0.39 is 0 Å². The molecular weight excluding hydrogens is 299 g/mol. The predicted molar refractivity (Wildman–Crippen MR) is 78.8 cm³/mol. The lowest BCUT2D eigenvalue weighted by molar-refractivity contribution is 0.00327. The van der Waals surface area contributed by atoms with Crippen LogP contribution in [0.25, 0.3) is 11.6 Å². The zero-order valence-corrected chi connectivity index (χ0v) is 12.6. The lowest BCUT2D eigenvalue weighted by Gasteiger charge is -2.25. The highest BCUT2D eigenvalue weighted by molar-refractivity contribution is 5.51. The molecule has 1 aliphatic rings. The Morgan fingerprint density at radius 3 is 2.87 bits per heavy atom. The van der Waals surface area contributed by atoms with Crippen LogP contribution < -0.4 is 0 Å². The third kappa shape index (κ3) is 2.53. The molecule has 6 nitrogen and oxygen atoms in total. The van der Waals surface area contributed by atoms with E-state index in [1.54, 1.807) is 18.5 Å². The highest BCUT2D eigenvalue weighted by atomic mass is 19.1. The third-order valence-corrected chi connectivity index (χ3v) is 3.96. The molecule has 118 valence electrons. The van der Waals surface area contributed by atoms with Crippen molar-refractivity contribution in [3.8, 4) is 11.6 Å². The summed E-state index contributed by atoms with van der Waals surface area (Å²) in [5, 5.41) is 3.90. The Labute approximate surface area is 131 Å². The first-order valence-corrected chi connectivity index (χ1v) is 7.48. The highest BCUT2D eigenvalue weighted by Crippen LogP contribution is 2.31. The number of nitrogens with zero attached hydrogens (tertiary/aromatic N) is 4. The van der Waals surface area contributed by atoms with Gasteiger partial charge in [0.2, 0.25) is 0 Å². The molecule has 4 rings (SSSR count). The molecule has 1 atom stereocenters. The van der Waals surface area contributed by atoms with Gasteiger partial charge in [0.1, 0.15) is 11.9 Å². The van der Waals surface area contributed by atoms with Gasteiger partial charge in [-0.3, -0.25) is 0 Å². The van der Waals surface area contributed by atoms with Gasteiger partial charge in [-0.15, -0.1) is 0 Å². The fraction of sp³-hybridized carbons (Fsp3) is 0.312. The van der Waals surface area contributed by atoms with Gasteiger partial charge < -0.3 is 13.8 Å². The van der Waals surface area contributed by atoms with E-state index in [0.29, 0.717) is 37.0 Å². The van der Waals surface area contributed by atoms with Gasteiger partial charge in [0, 0.05) is 6.42 Å². The molecule has 0 fully saturated rings. The van der Waals surface area contributed by atoms with Crippen molar-refractivity contribution in [2.75, 3.05) is 0 Å². The van der Waals surface area contributed by atoms with Crippen molar-refractivity contribution in [2.45, 2.75) is 32.6 Å². The van der Waals surface area contributed by atoms with E-state index >= 15 is 0 Å². The monoisotopic (exact) mass is 314 g/mol. The summed E-state index contributed by atoms with van der Waals surface area (Å²) in [4.78, 5) is 8.70. The number of rotatable bonds is 3. The summed E-state index contributed by atoms with van der Waals surface area (Å²) in [6, 6.07) is 6.37. The first kappa shape index (κ1) is 14.1. The molecule has 0 bridgehead atoms. The van der Waals surface area contributed by atoms with Crippen LogP contribution >= 0.6 is 0 Å². The quantitative estimate of drug-likeness (QED) is 0.743. The maximum Gasteiger partial charge on any atom is 0.278 e. The maximum absolute atomic E-state index is 13.0. The molecule has 3 heterocycles. The summed E-state index contributed by atoms with van der Waals surface area (Å²) >= 11 is 0. The van der Waals surface area contributed by atoms with Crippen LogP contribution in [-0.4, -0.2) is 19.7 Å². The molecule has 0 N–H and O–H groups in total. The van der Waals surface area contributed by atoms with Crippen molar-refractivity contribution in [3.05, 3.63) is 53.5 Å². The number of aryl methyl sites for hydroxylation is 1. The minimum absolute atomic E-state index is 0.126. The van der Waals surface area contributed by atoms with Crippen LogP contribution in [0.15, 0.2) is 35.1 Å². The van der Waals surface area contributed by atoms with Gasteiger partial charge in [-0.2, -0.15) is 4.98 Å². The summed E-state index contributed by atoms with van der Waals surface area (Å²) < 4.78 is 26.2. The second-order valence-corrected chi connectivity index (χ2v) is 5.41. The number of benzene rings is 1. The molecular formula is C16H15FN4O2. The van der Waals surface area contributed by atoms with Crippen molar-refractivity contribution in [1.82, 2.24) is 19.7 Å². The van der Waals surface area contributed by atoms with Gasteiger partial charge in [0.05, 0.1) is 25.2 Å². The molecule has 0 saturated heterocycles. The SMILES string of the molecule is CCc1noc(-c2ncn3c2CO[C@H](c2ccc(F)cc2)C3)n1. The van der Waals surface area contributed by atoms with Crippen molar-refractivity contribution in [2.24, 2.45) is 0 Å². The number of aromatic nitrogens is 4. The van der Waals surface area contributed by atoms with Crippen molar-refractivity contribution in [1.29, 1.82) is 0 Å². The Balaban J connectivity index is 1.60. The molecule has 2 aromatic heterocycles. The fourth-order valence-corrected chi connectivity index (χ4v) is 2.68. The number of halogens is 1. The number of imidazole rings is 1. The first-order chi connectivity index (χ1) is 11.2. The fourth-order valence-electron chi connectivity index (χ4n) is 2.68. The molecule has 0 amide bonds. The average Bonchev–Trinajstić information content (AvgIpc) is 3.21. The van der Waals surface area contributed by atoms with Crippen LogP contribution in [0.5, 0.6) is 0 Å². The second kappa shape index (κ2) is 5.58. The van der Waals surface area contributed by atoms with E-state index in [9.17, 15) is 4.39 Å². The van der Waals surface area contributed by atoms with E-state index in [4.69, 9.17) is 9.26 Å². The number of fused-ring (bicyclic) bond motifs is 1. The van der Waals surface area contributed by atoms with Crippen LogP contribution in [0, 0.1) is 5.82 Å². The number of hydrogen-bond acceptors (Lipinski definition) is 5. The van der Waals surface area contributed by atoms with E-state index in [1.807, 2.05) is 11.5 Å². The van der Waals surface area contributed by atoms with Gasteiger partial charge in [-0.25, -0.2) is 9.37 Å². The molecule has 0 spiro atoms. The topological polar surface area (TPSA) is 66.0 Å². The molecule has 0 radical (unpaired) electrons. The first-order valence-electron chi connectivity index (χ1n) is 7.48. The summed E-state index contributed by atoms with van der Waals surface area (Å²) in [6.07, 6.45) is 2.33. The Morgan fingerprint density at radius 2 is 2.13 bits per heavy atom. The minimum atomic E-state index is -0.252. The smallest absolute Gasteiger partial charge is 0.278 e. The van der Waals surface area contributed by atoms with Gasteiger partial charge in [-0.05, 0) is 17.7 Å². The van der Waals surface area contributed by atoms with Crippen LogP contribution in [0.3, 0.4) is 0 Å². The molecule has 1 aromatic carbocycles. The van der Waals surface area contributed by atoms with Crippen LogP contribution in [0.1, 0.15) is 30.1 Å². The van der Waals surface area contributed by atoms with E-state index in [-0.39, 0.29) is 11.9 Å².